The van der Waals surface area contributed by atoms with Crippen LogP contribution in [0.1, 0.15) is 37.0 Å². The Morgan fingerprint density at radius 1 is 1.48 bits per heavy atom. The molecular formula is C16H21FN2O2. The number of amides is 1. The molecule has 2 aliphatic heterocycles. The summed E-state index contributed by atoms with van der Waals surface area (Å²) in [5.41, 5.74) is 2.02. The molecule has 5 heteroatoms. The van der Waals surface area contributed by atoms with Gasteiger partial charge in [0.25, 0.3) is 0 Å². The average Bonchev–Trinajstić information content (AvgIpc) is 2.83. The summed E-state index contributed by atoms with van der Waals surface area (Å²) >= 11 is 0. The molecule has 0 radical (unpaired) electrons. The van der Waals surface area contributed by atoms with Crippen LogP contribution in [-0.2, 0) is 4.79 Å². The molecule has 2 unspecified atom stereocenters. The molecule has 0 bridgehead atoms. The van der Waals surface area contributed by atoms with E-state index < -0.39 is 6.10 Å². The second kappa shape index (κ2) is 5.30. The van der Waals surface area contributed by atoms with E-state index in [1.54, 1.807) is 19.9 Å². The van der Waals surface area contributed by atoms with Gasteiger partial charge in [-0.25, -0.2) is 4.39 Å². The van der Waals surface area contributed by atoms with E-state index in [9.17, 15) is 14.3 Å². The van der Waals surface area contributed by atoms with Gasteiger partial charge in [0.2, 0.25) is 5.91 Å². The minimum absolute atomic E-state index is 0.00552. The highest BCUT2D eigenvalue weighted by molar-refractivity contribution is 5.83. The minimum atomic E-state index is -0.736. The first-order valence-electron chi connectivity index (χ1n) is 7.51. The molecule has 0 aliphatic carbocycles. The lowest BCUT2D eigenvalue weighted by atomic mass is 9.90. The molecule has 2 saturated heterocycles. The van der Waals surface area contributed by atoms with Gasteiger partial charge in [-0.1, -0.05) is 0 Å². The third kappa shape index (κ3) is 2.39. The van der Waals surface area contributed by atoms with E-state index in [0.29, 0.717) is 17.7 Å². The number of rotatable bonds is 2. The number of halogens is 1. The molecule has 3 atom stereocenters. The van der Waals surface area contributed by atoms with E-state index >= 15 is 0 Å². The van der Waals surface area contributed by atoms with Crippen molar-refractivity contribution in [3.05, 3.63) is 29.1 Å². The first-order valence-corrected chi connectivity index (χ1v) is 7.51. The second-order valence-electron chi connectivity index (χ2n) is 6.09. The van der Waals surface area contributed by atoms with Crippen LogP contribution in [0.5, 0.6) is 0 Å². The van der Waals surface area contributed by atoms with Gasteiger partial charge in [-0.2, -0.15) is 0 Å². The van der Waals surface area contributed by atoms with Gasteiger partial charge in [0, 0.05) is 24.3 Å². The van der Waals surface area contributed by atoms with Crippen molar-refractivity contribution in [1.29, 1.82) is 0 Å². The van der Waals surface area contributed by atoms with Crippen LogP contribution >= 0.6 is 0 Å². The zero-order chi connectivity index (χ0) is 15.1. The summed E-state index contributed by atoms with van der Waals surface area (Å²) < 4.78 is 13.8. The Morgan fingerprint density at radius 3 is 2.95 bits per heavy atom. The van der Waals surface area contributed by atoms with E-state index in [1.165, 1.54) is 6.07 Å². The Hall–Kier alpha value is -1.62. The third-order valence-electron chi connectivity index (χ3n) is 4.67. The SMILES string of the molecule is Cc1cc(N2CCCC3C(=O)NCC32)c([C@H](C)O)cc1F. The molecule has 4 nitrogen and oxygen atoms in total. The first kappa shape index (κ1) is 14.3. The summed E-state index contributed by atoms with van der Waals surface area (Å²) in [6.07, 6.45) is 1.10. The van der Waals surface area contributed by atoms with Gasteiger partial charge in [-0.3, -0.25) is 4.79 Å². The molecular weight excluding hydrogens is 271 g/mol. The molecule has 2 heterocycles. The Labute approximate surface area is 124 Å². The predicted octanol–water partition coefficient (Wildman–Crippen LogP) is 1.90. The summed E-state index contributed by atoms with van der Waals surface area (Å²) in [5, 5.41) is 12.9. The Bertz CT molecular complexity index is 574. The van der Waals surface area contributed by atoms with Crippen molar-refractivity contribution in [3.63, 3.8) is 0 Å². The summed E-state index contributed by atoms with van der Waals surface area (Å²) in [4.78, 5) is 14.0. The monoisotopic (exact) mass is 292 g/mol. The fraction of sp³-hybridized carbons (Fsp3) is 0.562. The van der Waals surface area contributed by atoms with Crippen molar-refractivity contribution < 1.29 is 14.3 Å². The molecule has 114 valence electrons. The molecule has 1 aromatic rings. The first-order chi connectivity index (χ1) is 9.99. The predicted molar refractivity (Wildman–Crippen MR) is 78.6 cm³/mol. The van der Waals surface area contributed by atoms with Crippen LogP contribution in [-0.4, -0.2) is 30.1 Å². The normalized spacial score (nSPS) is 26.5. The maximum Gasteiger partial charge on any atom is 0.225 e. The van der Waals surface area contributed by atoms with Crippen LogP contribution in [0.2, 0.25) is 0 Å². The molecule has 1 aromatic carbocycles. The number of piperidine rings is 1. The van der Waals surface area contributed by atoms with Gasteiger partial charge in [0.05, 0.1) is 18.1 Å². The quantitative estimate of drug-likeness (QED) is 0.875. The number of nitrogens with zero attached hydrogens (tertiary/aromatic N) is 1. The molecule has 2 fully saturated rings. The second-order valence-corrected chi connectivity index (χ2v) is 6.09. The van der Waals surface area contributed by atoms with Gasteiger partial charge < -0.3 is 15.3 Å². The highest BCUT2D eigenvalue weighted by Gasteiger charge is 2.41. The lowest BCUT2D eigenvalue weighted by molar-refractivity contribution is -0.122. The van der Waals surface area contributed by atoms with Gasteiger partial charge in [-0.05, 0) is 44.4 Å². The number of anilines is 1. The van der Waals surface area contributed by atoms with Gasteiger partial charge >= 0.3 is 0 Å². The molecule has 2 aliphatic rings. The van der Waals surface area contributed by atoms with Crippen LogP contribution in [0.25, 0.3) is 0 Å². The lowest BCUT2D eigenvalue weighted by Gasteiger charge is -2.39. The average molecular weight is 292 g/mol. The third-order valence-corrected chi connectivity index (χ3v) is 4.67. The van der Waals surface area contributed by atoms with Crippen molar-refractivity contribution in [3.8, 4) is 0 Å². The maximum atomic E-state index is 13.8. The zero-order valence-electron chi connectivity index (χ0n) is 12.4. The number of hydrogen-bond donors (Lipinski definition) is 2. The van der Waals surface area contributed by atoms with E-state index in [2.05, 4.69) is 10.2 Å². The highest BCUT2D eigenvalue weighted by Crippen LogP contribution is 2.36. The van der Waals surface area contributed by atoms with Gasteiger partial charge in [0.1, 0.15) is 5.82 Å². The van der Waals surface area contributed by atoms with Crippen molar-refractivity contribution in [1.82, 2.24) is 5.32 Å². The number of fused-ring (bicyclic) bond motifs is 1. The summed E-state index contributed by atoms with van der Waals surface area (Å²) in [6.45, 7) is 4.83. The number of hydrogen-bond acceptors (Lipinski definition) is 3. The Morgan fingerprint density at radius 2 is 2.24 bits per heavy atom. The molecule has 0 saturated carbocycles. The zero-order valence-corrected chi connectivity index (χ0v) is 12.4. The highest BCUT2D eigenvalue weighted by atomic mass is 19.1. The van der Waals surface area contributed by atoms with Crippen LogP contribution in [0.4, 0.5) is 10.1 Å². The van der Waals surface area contributed by atoms with E-state index in [-0.39, 0.29) is 23.7 Å². The van der Waals surface area contributed by atoms with Crippen LogP contribution < -0.4 is 10.2 Å². The Balaban J connectivity index is 2.03. The van der Waals surface area contributed by atoms with Crippen molar-refractivity contribution >= 4 is 11.6 Å². The van der Waals surface area contributed by atoms with E-state index in [0.717, 1.165) is 25.1 Å². The summed E-state index contributed by atoms with van der Waals surface area (Å²) in [6, 6.07) is 3.32. The number of carbonyl (C=O) groups excluding carboxylic acids is 1. The largest absolute Gasteiger partial charge is 0.389 e. The van der Waals surface area contributed by atoms with Crippen LogP contribution in [0.15, 0.2) is 12.1 Å². The molecule has 1 amide bonds. The summed E-state index contributed by atoms with van der Waals surface area (Å²) in [7, 11) is 0. The van der Waals surface area contributed by atoms with E-state index in [1.807, 2.05) is 0 Å². The molecule has 3 rings (SSSR count). The molecule has 0 aromatic heterocycles. The van der Waals surface area contributed by atoms with Crippen molar-refractivity contribution in [2.45, 2.75) is 38.8 Å². The van der Waals surface area contributed by atoms with E-state index in [4.69, 9.17) is 0 Å². The van der Waals surface area contributed by atoms with Crippen LogP contribution in [0.3, 0.4) is 0 Å². The summed E-state index contributed by atoms with van der Waals surface area (Å²) in [5.74, 6) is -0.183. The fourth-order valence-electron chi connectivity index (χ4n) is 3.52. The standard InChI is InChI=1S/C16H21FN2O2/c1-9-6-14(12(10(2)20)7-13(9)17)19-5-3-4-11-15(19)8-18-16(11)21/h6-7,10-11,15,20H,3-5,8H2,1-2H3,(H,18,21)/t10-,11?,15?/m0/s1. The molecule has 2 N–H and O–H groups in total. The lowest BCUT2D eigenvalue weighted by Crippen LogP contribution is -2.46. The molecule has 21 heavy (non-hydrogen) atoms. The van der Waals surface area contributed by atoms with Crippen molar-refractivity contribution in [2.24, 2.45) is 5.92 Å². The fourth-order valence-corrected chi connectivity index (χ4v) is 3.52. The maximum absolute atomic E-state index is 13.8. The number of benzene rings is 1. The van der Waals surface area contributed by atoms with Crippen molar-refractivity contribution in [2.75, 3.05) is 18.0 Å². The minimum Gasteiger partial charge on any atom is -0.389 e. The number of aliphatic hydroxyl groups is 1. The Kier molecular flexibility index (Phi) is 3.61. The van der Waals surface area contributed by atoms with Gasteiger partial charge in [0.15, 0.2) is 0 Å². The van der Waals surface area contributed by atoms with Gasteiger partial charge in [-0.15, -0.1) is 0 Å². The number of carbonyl (C=O) groups is 1. The smallest absolute Gasteiger partial charge is 0.225 e. The molecule has 0 spiro atoms. The number of nitrogens with one attached hydrogen (secondary N) is 1. The van der Waals surface area contributed by atoms with Crippen LogP contribution in [0, 0.1) is 18.7 Å². The topological polar surface area (TPSA) is 52.6 Å². The number of aryl methyl sites for hydroxylation is 1. The number of aliphatic hydroxyl groups excluding tert-OH is 1.